The molecule has 102 valence electrons. The summed E-state index contributed by atoms with van der Waals surface area (Å²) in [6.07, 6.45) is 3.05. The minimum Gasteiger partial charge on any atom is -0.315 e. The third-order valence-corrected chi connectivity index (χ3v) is 3.71. The van der Waals surface area contributed by atoms with Crippen molar-refractivity contribution in [1.29, 1.82) is 0 Å². The first kappa shape index (κ1) is 12.6. The van der Waals surface area contributed by atoms with Crippen molar-refractivity contribution in [3.63, 3.8) is 0 Å². The molecule has 0 bridgehead atoms. The SMILES string of the molecule is Cc1nc2c(F)cccn2c1CN1CCCNCC1. The van der Waals surface area contributed by atoms with Crippen molar-refractivity contribution < 1.29 is 4.39 Å². The number of hydrogen-bond acceptors (Lipinski definition) is 3. The molecule has 1 saturated heterocycles. The minimum atomic E-state index is -0.255. The molecule has 0 saturated carbocycles. The molecule has 19 heavy (non-hydrogen) atoms. The van der Waals surface area contributed by atoms with E-state index in [1.165, 1.54) is 6.07 Å². The minimum absolute atomic E-state index is 0.255. The molecule has 2 aromatic heterocycles. The molecule has 4 nitrogen and oxygen atoms in total. The summed E-state index contributed by atoms with van der Waals surface area (Å²) in [6, 6.07) is 3.19. The quantitative estimate of drug-likeness (QED) is 0.892. The van der Waals surface area contributed by atoms with Crippen LogP contribution in [0.5, 0.6) is 0 Å². The van der Waals surface area contributed by atoms with Crippen LogP contribution in [0.15, 0.2) is 18.3 Å². The largest absolute Gasteiger partial charge is 0.315 e. The van der Waals surface area contributed by atoms with Crippen LogP contribution in [0.4, 0.5) is 4.39 Å². The Kier molecular flexibility index (Phi) is 3.48. The molecule has 3 rings (SSSR count). The van der Waals surface area contributed by atoms with E-state index in [4.69, 9.17) is 0 Å². The van der Waals surface area contributed by atoms with Crippen LogP contribution in [0, 0.1) is 12.7 Å². The summed E-state index contributed by atoms with van der Waals surface area (Å²) in [5.74, 6) is -0.255. The lowest BCUT2D eigenvalue weighted by atomic mass is 10.3. The molecule has 0 unspecified atom stereocenters. The highest BCUT2D eigenvalue weighted by Gasteiger charge is 2.15. The summed E-state index contributed by atoms with van der Waals surface area (Å²) in [4.78, 5) is 6.75. The fraction of sp³-hybridized carbons (Fsp3) is 0.500. The van der Waals surface area contributed by atoms with E-state index in [2.05, 4.69) is 15.2 Å². The number of aromatic nitrogens is 2. The molecule has 0 amide bonds. The summed E-state index contributed by atoms with van der Waals surface area (Å²) < 4.78 is 15.6. The lowest BCUT2D eigenvalue weighted by Crippen LogP contribution is -2.28. The van der Waals surface area contributed by atoms with Gasteiger partial charge in [-0.2, -0.15) is 0 Å². The number of imidazole rings is 1. The van der Waals surface area contributed by atoms with Gasteiger partial charge < -0.3 is 9.72 Å². The number of rotatable bonds is 2. The Balaban J connectivity index is 1.91. The molecule has 3 heterocycles. The molecule has 0 spiro atoms. The highest BCUT2D eigenvalue weighted by Crippen LogP contribution is 2.17. The van der Waals surface area contributed by atoms with Gasteiger partial charge in [0.15, 0.2) is 11.5 Å². The van der Waals surface area contributed by atoms with Crippen LogP contribution in [0.2, 0.25) is 0 Å². The van der Waals surface area contributed by atoms with Crippen LogP contribution in [0.3, 0.4) is 0 Å². The summed E-state index contributed by atoms with van der Waals surface area (Å²) in [5, 5.41) is 3.39. The topological polar surface area (TPSA) is 32.6 Å². The van der Waals surface area contributed by atoms with Gasteiger partial charge in [0.05, 0.1) is 11.4 Å². The van der Waals surface area contributed by atoms with Crippen molar-refractivity contribution >= 4 is 5.65 Å². The van der Waals surface area contributed by atoms with Gasteiger partial charge in [-0.25, -0.2) is 9.37 Å². The molecule has 0 aliphatic carbocycles. The first-order valence-corrected chi connectivity index (χ1v) is 6.81. The monoisotopic (exact) mass is 262 g/mol. The zero-order valence-electron chi connectivity index (χ0n) is 11.2. The maximum absolute atomic E-state index is 13.7. The second-order valence-corrected chi connectivity index (χ2v) is 5.07. The molecule has 2 aromatic rings. The van der Waals surface area contributed by atoms with Crippen molar-refractivity contribution in [2.45, 2.75) is 19.9 Å². The van der Waals surface area contributed by atoms with Crippen LogP contribution >= 0.6 is 0 Å². The van der Waals surface area contributed by atoms with Crippen molar-refractivity contribution in [3.8, 4) is 0 Å². The number of aryl methyl sites for hydroxylation is 1. The summed E-state index contributed by atoms with van der Waals surface area (Å²) in [7, 11) is 0. The second-order valence-electron chi connectivity index (χ2n) is 5.07. The number of halogens is 1. The lowest BCUT2D eigenvalue weighted by molar-refractivity contribution is 0.279. The standard InChI is InChI=1S/C14H19FN4/c1-11-13(10-18-7-3-5-16-6-9-18)19-8-2-4-12(15)14(19)17-11/h2,4,8,16H,3,5-7,9-10H2,1H3. The number of pyridine rings is 1. The lowest BCUT2D eigenvalue weighted by Gasteiger charge is -2.19. The van der Waals surface area contributed by atoms with Gasteiger partial charge in [-0.05, 0) is 38.6 Å². The molecule has 5 heteroatoms. The number of nitrogens with zero attached hydrogens (tertiary/aromatic N) is 3. The van der Waals surface area contributed by atoms with Gasteiger partial charge in [0.1, 0.15) is 0 Å². The van der Waals surface area contributed by atoms with Gasteiger partial charge in [-0.1, -0.05) is 0 Å². The number of hydrogen-bond donors (Lipinski definition) is 1. The molecular weight excluding hydrogens is 243 g/mol. The fourth-order valence-corrected chi connectivity index (χ4v) is 2.66. The molecule has 0 radical (unpaired) electrons. The van der Waals surface area contributed by atoms with Gasteiger partial charge >= 0.3 is 0 Å². The van der Waals surface area contributed by atoms with Crippen LogP contribution in [-0.4, -0.2) is 40.5 Å². The first-order valence-electron chi connectivity index (χ1n) is 6.81. The van der Waals surface area contributed by atoms with E-state index in [9.17, 15) is 4.39 Å². The van der Waals surface area contributed by atoms with Gasteiger partial charge in [-0.15, -0.1) is 0 Å². The predicted octanol–water partition coefficient (Wildman–Crippen LogP) is 1.58. The Morgan fingerprint density at radius 1 is 1.37 bits per heavy atom. The van der Waals surface area contributed by atoms with E-state index in [0.717, 1.165) is 50.5 Å². The molecule has 1 aliphatic heterocycles. The Labute approximate surface area is 112 Å². The molecule has 1 N–H and O–H groups in total. The van der Waals surface area contributed by atoms with Gasteiger partial charge in [0, 0.05) is 25.8 Å². The average Bonchev–Trinajstić information content (AvgIpc) is 2.60. The van der Waals surface area contributed by atoms with Crippen molar-refractivity contribution in [1.82, 2.24) is 19.6 Å². The van der Waals surface area contributed by atoms with Crippen molar-refractivity contribution in [2.24, 2.45) is 0 Å². The van der Waals surface area contributed by atoms with E-state index in [0.29, 0.717) is 5.65 Å². The molecule has 0 aromatic carbocycles. The van der Waals surface area contributed by atoms with Gasteiger partial charge in [0.25, 0.3) is 0 Å². The molecule has 1 aliphatic rings. The Hall–Kier alpha value is -1.46. The zero-order chi connectivity index (χ0) is 13.2. The summed E-state index contributed by atoms with van der Waals surface area (Å²) >= 11 is 0. The van der Waals surface area contributed by atoms with Crippen molar-refractivity contribution in [3.05, 3.63) is 35.5 Å². The third kappa shape index (κ3) is 2.48. The Morgan fingerprint density at radius 2 is 2.26 bits per heavy atom. The average molecular weight is 262 g/mol. The van der Waals surface area contributed by atoms with Crippen molar-refractivity contribution in [2.75, 3.05) is 26.2 Å². The predicted molar refractivity (Wildman–Crippen MR) is 72.7 cm³/mol. The fourth-order valence-electron chi connectivity index (χ4n) is 2.66. The zero-order valence-corrected chi connectivity index (χ0v) is 11.2. The summed E-state index contributed by atoms with van der Waals surface area (Å²) in [5.41, 5.74) is 2.45. The first-order chi connectivity index (χ1) is 9.25. The Morgan fingerprint density at radius 3 is 3.16 bits per heavy atom. The smallest absolute Gasteiger partial charge is 0.173 e. The highest BCUT2D eigenvalue weighted by atomic mass is 19.1. The van der Waals surface area contributed by atoms with Gasteiger partial charge in [0.2, 0.25) is 0 Å². The van der Waals surface area contributed by atoms with Crippen LogP contribution in [0.25, 0.3) is 5.65 Å². The van der Waals surface area contributed by atoms with Crippen LogP contribution < -0.4 is 5.32 Å². The summed E-state index contributed by atoms with van der Waals surface area (Å²) in [6.45, 7) is 6.99. The van der Waals surface area contributed by atoms with E-state index in [1.54, 1.807) is 6.07 Å². The molecule has 0 atom stereocenters. The van der Waals surface area contributed by atoms with Crippen LogP contribution in [-0.2, 0) is 6.54 Å². The van der Waals surface area contributed by atoms with Gasteiger partial charge in [-0.3, -0.25) is 4.90 Å². The van der Waals surface area contributed by atoms with E-state index >= 15 is 0 Å². The Bertz CT molecular complexity index is 570. The van der Waals surface area contributed by atoms with E-state index < -0.39 is 0 Å². The maximum Gasteiger partial charge on any atom is 0.173 e. The molecule has 1 fully saturated rings. The molecular formula is C14H19FN4. The van der Waals surface area contributed by atoms with Crippen LogP contribution in [0.1, 0.15) is 17.8 Å². The number of fused-ring (bicyclic) bond motifs is 1. The van der Waals surface area contributed by atoms with E-state index in [-0.39, 0.29) is 5.82 Å². The number of nitrogens with one attached hydrogen (secondary N) is 1. The maximum atomic E-state index is 13.7. The third-order valence-electron chi connectivity index (χ3n) is 3.71. The van der Waals surface area contributed by atoms with E-state index in [1.807, 2.05) is 17.5 Å². The normalized spacial score (nSPS) is 17.8. The second kappa shape index (κ2) is 5.27. The highest BCUT2D eigenvalue weighted by molar-refractivity contribution is 5.44.